The molecule has 0 aromatic heterocycles. The molecule has 0 saturated heterocycles. The molecular weight excluding hydrogens is 266 g/mol. The third-order valence-corrected chi connectivity index (χ3v) is 4.31. The maximum absolute atomic E-state index is 12.2. The summed E-state index contributed by atoms with van der Waals surface area (Å²) in [5.41, 5.74) is 0. The highest BCUT2D eigenvalue weighted by Gasteiger charge is 2.24. The molecule has 3 N–H and O–H groups in total. The van der Waals surface area contributed by atoms with Crippen molar-refractivity contribution >= 4 is 11.8 Å². The molecule has 5 heteroatoms. The quantitative estimate of drug-likeness (QED) is 0.625. The van der Waals surface area contributed by atoms with Crippen molar-refractivity contribution < 1.29 is 14.5 Å². The Morgan fingerprint density at radius 2 is 1.76 bits per heavy atom. The van der Waals surface area contributed by atoms with Gasteiger partial charge >= 0.3 is 0 Å². The van der Waals surface area contributed by atoms with E-state index in [1.807, 2.05) is 27.8 Å². The number of carbonyl (C=O) groups is 2. The number of quaternary nitrogens is 1. The SMILES string of the molecule is CC(C)NC(=O)C[NH+](C)[C@H](C)C(=O)NCC1CCCCC1. The van der Waals surface area contributed by atoms with E-state index in [-0.39, 0.29) is 23.9 Å². The maximum atomic E-state index is 12.2. The van der Waals surface area contributed by atoms with E-state index in [0.717, 1.165) is 11.4 Å². The Kier molecular flexibility index (Phi) is 7.72. The lowest BCUT2D eigenvalue weighted by Crippen LogP contribution is -3.15. The molecule has 1 saturated carbocycles. The molecule has 1 fully saturated rings. The third kappa shape index (κ3) is 6.93. The second kappa shape index (κ2) is 9.03. The molecular formula is C16H32N3O2+. The van der Waals surface area contributed by atoms with Crippen LogP contribution in [0.15, 0.2) is 0 Å². The molecule has 2 amide bonds. The van der Waals surface area contributed by atoms with Gasteiger partial charge in [0, 0.05) is 12.6 Å². The summed E-state index contributed by atoms with van der Waals surface area (Å²) in [6, 6.07) is -0.0627. The molecule has 1 rings (SSSR count). The summed E-state index contributed by atoms with van der Waals surface area (Å²) < 4.78 is 0. The van der Waals surface area contributed by atoms with Gasteiger partial charge in [-0.3, -0.25) is 9.59 Å². The second-order valence-electron chi connectivity index (χ2n) is 6.72. The lowest BCUT2D eigenvalue weighted by molar-refractivity contribution is -0.886. The monoisotopic (exact) mass is 298 g/mol. The van der Waals surface area contributed by atoms with Gasteiger partial charge in [-0.25, -0.2) is 0 Å². The zero-order valence-corrected chi connectivity index (χ0v) is 14.0. The summed E-state index contributed by atoms with van der Waals surface area (Å²) in [7, 11) is 1.89. The van der Waals surface area contributed by atoms with Gasteiger partial charge in [0.25, 0.3) is 11.8 Å². The van der Waals surface area contributed by atoms with E-state index >= 15 is 0 Å². The maximum Gasteiger partial charge on any atom is 0.278 e. The van der Waals surface area contributed by atoms with Crippen LogP contribution in [0.2, 0.25) is 0 Å². The number of nitrogens with one attached hydrogen (secondary N) is 3. The van der Waals surface area contributed by atoms with Gasteiger partial charge in [0.15, 0.2) is 12.6 Å². The zero-order valence-electron chi connectivity index (χ0n) is 14.0. The topological polar surface area (TPSA) is 62.6 Å². The molecule has 1 unspecified atom stereocenters. The van der Waals surface area contributed by atoms with Crippen molar-refractivity contribution in [1.29, 1.82) is 0 Å². The van der Waals surface area contributed by atoms with Gasteiger partial charge in [0.05, 0.1) is 7.05 Å². The average Bonchev–Trinajstić information content (AvgIpc) is 2.44. The Hall–Kier alpha value is -1.10. The average molecular weight is 298 g/mol. The molecule has 5 nitrogen and oxygen atoms in total. The van der Waals surface area contributed by atoms with Crippen molar-refractivity contribution in [3.63, 3.8) is 0 Å². The molecule has 21 heavy (non-hydrogen) atoms. The molecule has 0 aromatic carbocycles. The minimum absolute atomic E-state index is 0.00516. The fourth-order valence-electron chi connectivity index (χ4n) is 2.79. The predicted octanol–water partition coefficient (Wildman–Crippen LogP) is 0.111. The molecule has 0 bridgehead atoms. The first-order chi connectivity index (χ1) is 9.90. The van der Waals surface area contributed by atoms with E-state index in [1.54, 1.807) is 0 Å². The number of hydrogen-bond donors (Lipinski definition) is 3. The summed E-state index contributed by atoms with van der Waals surface area (Å²) in [5, 5.41) is 5.92. The molecule has 122 valence electrons. The molecule has 0 aromatic rings. The van der Waals surface area contributed by atoms with Crippen LogP contribution >= 0.6 is 0 Å². The van der Waals surface area contributed by atoms with Gasteiger partial charge in [0.1, 0.15) is 0 Å². The number of hydrogen-bond acceptors (Lipinski definition) is 2. The molecule has 1 aliphatic carbocycles. The number of carbonyl (C=O) groups excluding carboxylic acids is 2. The van der Waals surface area contributed by atoms with Gasteiger partial charge in [0.2, 0.25) is 0 Å². The summed E-state index contributed by atoms with van der Waals surface area (Å²) in [4.78, 5) is 24.8. The van der Waals surface area contributed by atoms with Crippen LogP contribution in [0.25, 0.3) is 0 Å². The normalized spacial score (nSPS) is 19.1. The fraction of sp³-hybridized carbons (Fsp3) is 0.875. The third-order valence-electron chi connectivity index (χ3n) is 4.31. The second-order valence-corrected chi connectivity index (χ2v) is 6.72. The summed E-state index contributed by atoms with van der Waals surface area (Å²) in [5.74, 6) is 0.685. The summed E-state index contributed by atoms with van der Waals surface area (Å²) >= 11 is 0. The van der Waals surface area contributed by atoms with E-state index in [1.165, 1.54) is 32.1 Å². The van der Waals surface area contributed by atoms with Gasteiger partial charge in [-0.1, -0.05) is 19.3 Å². The van der Waals surface area contributed by atoms with Crippen LogP contribution in [-0.4, -0.2) is 44.0 Å². The molecule has 0 aliphatic heterocycles. The molecule has 0 heterocycles. The standard InChI is InChI=1S/C16H31N3O2/c1-12(2)18-15(20)11-19(4)13(3)16(21)17-10-14-8-6-5-7-9-14/h12-14H,5-11H2,1-4H3,(H,17,21)(H,18,20)/p+1/t13-/m1/s1. The lowest BCUT2D eigenvalue weighted by atomic mass is 9.89. The molecule has 0 radical (unpaired) electrons. The molecule has 0 spiro atoms. The van der Waals surface area contributed by atoms with Crippen molar-refractivity contribution in [2.45, 2.75) is 65.0 Å². The minimum Gasteiger partial charge on any atom is -0.351 e. The van der Waals surface area contributed by atoms with Crippen LogP contribution in [-0.2, 0) is 9.59 Å². The Morgan fingerprint density at radius 3 is 2.33 bits per heavy atom. The first kappa shape index (κ1) is 18.0. The predicted molar refractivity (Wildman–Crippen MR) is 84.1 cm³/mol. The fourth-order valence-corrected chi connectivity index (χ4v) is 2.79. The van der Waals surface area contributed by atoms with Crippen LogP contribution in [0.4, 0.5) is 0 Å². The highest BCUT2D eigenvalue weighted by molar-refractivity contribution is 5.81. The van der Waals surface area contributed by atoms with Gasteiger partial charge in [-0.15, -0.1) is 0 Å². The Morgan fingerprint density at radius 1 is 1.14 bits per heavy atom. The van der Waals surface area contributed by atoms with Crippen LogP contribution in [0.5, 0.6) is 0 Å². The summed E-state index contributed by atoms with van der Waals surface area (Å²) in [6.45, 7) is 6.88. The lowest BCUT2D eigenvalue weighted by Gasteiger charge is -2.24. The largest absolute Gasteiger partial charge is 0.351 e. The number of amides is 2. The Labute approximate surface area is 128 Å². The van der Waals surface area contributed by atoms with E-state index in [9.17, 15) is 9.59 Å². The van der Waals surface area contributed by atoms with E-state index < -0.39 is 0 Å². The van der Waals surface area contributed by atoms with Crippen LogP contribution in [0, 0.1) is 5.92 Å². The van der Waals surface area contributed by atoms with Crippen molar-refractivity contribution in [3.05, 3.63) is 0 Å². The number of rotatable bonds is 7. The smallest absolute Gasteiger partial charge is 0.278 e. The van der Waals surface area contributed by atoms with E-state index in [4.69, 9.17) is 0 Å². The van der Waals surface area contributed by atoms with E-state index in [2.05, 4.69) is 10.6 Å². The van der Waals surface area contributed by atoms with Gasteiger partial charge < -0.3 is 15.5 Å². The highest BCUT2D eigenvalue weighted by Crippen LogP contribution is 2.22. The minimum atomic E-state index is -0.202. The van der Waals surface area contributed by atoms with Gasteiger partial charge in [-0.05, 0) is 39.5 Å². The molecule has 2 atom stereocenters. The van der Waals surface area contributed by atoms with Crippen LogP contribution < -0.4 is 15.5 Å². The van der Waals surface area contributed by atoms with Crippen LogP contribution in [0.1, 0.15) is 52.9 Å². The summed E-state index contributed by atoms with van der Waals surface area (Å²) in [6.07, 6.45) is 6.37. The van der Waals surface area contributed by atoms with Gasteiger partial charge in [-0.2, -0.15) is 0 Å². The zero-order chi connectivity index (χ0) is 15.8. The van der Waals surface area contributed by atoms with Crippen molar-refractivity contribution in [2.75, 3.05) is 20.1 Å². The highest BCUT2D eigenvalue weighted by atomic mass is 16.2. The van der Waals surface area contributed by atoms with Crippen LogP contribution in [0.3, 0.4) is 0 Å². The first-order valence-electron chi connectivity index (χ1n) is 8.29. The van der Waals surface area contributed by atoms with Crippen molar-refractivity contribution in [1.82, 2.24) is 10.6 Å². The molecule has 1 aliphatic rings. The Balaban J connectivity index is 2.29. The van der Waals surface area contributed by atoms with Crippen molar-refractivity contribution in [2.24, 2.45) is 5.92 Å². The van der Waals surface area contributed by atoms with Crippen molar-refractivity contribution in [3.8, 4) is 0 Å². The Bertz CT molecular complexity index is 338. The number of likely N-dealkylation sites (N-methyl/N-ethyl adjacent to an activating group) is 1. The van der Waals surface area contributed by atoms with E-state index in [0.29, 0.717) is 12.5 Å². The first-order valence-corrected chi connectivity index (χ1v) is 8.29.